The zero-order valence-corrected chi connectivity index (χ0v) is 10.0. The van der Waals surface area contributed by atoms with Gasteiger partial charge in [0, 0.05) is 12.3 Å². The average Bonchev–Trinajstić information content (AvgIpc) is 3.14. The smallest absolute Gasteiger partial charge is 0.155 e. The fraction of sp³-hybridized carbons (Fsp3) is 0.429. The lowest BCUT2D eigenvalue weighted by molar-refractivity contribution is -0.120. The van der Waals surface area contributed by atoms with Crippen LogP contribution in [0.5, 0.6) is 0 Å². The summed E-state index contributed by atoms with van der Waals surface area (Å²) >= 11 is 0. The topological polar surface area (TPSA) is 34.9 Å². The first-order chi connectivity index (χ1) is 8.29. The van der Waals surface area contributed by atoms with Crippen LogP contribution in [0.2, 0.25) is 0 Å². The molecular weight excluding hydrogens is 212 g/mol. The molecule has 1 aromatic heterocycles. The number of Topliss-reactive ketones (excluding diaryl/α,β-unsaturated/α-hetero) is 1. The number of hydrogen-bond acceptors (Lipinski definition) is 2. The molecule has 0 amide bonds. The fourth-order valence-corrected chi connectivity index (χ4v) is 2.26. The van der Waals surface area contributed by atoms with Gasteiger partial charge in [-0.3, -0.25) is 4.79 Å². The van der Waals surface area contributed by atoms with Gasteiger partial charge in [-0.1, -0.05) is 19.1 Å². The van der Waals surface area contributed by atoms with E-state index < -0.39 is 0 Å². The largest absolute Gasteiger partial charge is 0.320 e. The summed E-state index contributed by atoms with van der Waals surface area (Å²) in [5, 5.41) is 0. The maximum absolute atomic E-state index is 11.9. The number of nitrogens with zero attached hydrogens (tertiary/aromatic N) is 2. The minimum Gasteiger partial charge on any atom is -0.320 e. The SMILES string of the molecule is CCc1nc2ccccc2n1CC(=O)C1CC1. The van der Waals surface area contributed by atoms with Gasteiger partial charge in [-0.2, -0.15) is 0 Å². The number of fused-ring (bicyclic) bond motifs is 1. The third-order valence-electron chi connectivity index (χ3n) is 3.40. The molecule has 0 aliphatic heterocycles. The summed E-state index contributed by atoms with van der Waals surface area (Å²) in [6.45, 7) is 2.58. The number of rotatable bonds is 4. The molecule has 0 radical (unpaired) electrons. The molecule has 1 saturated carbocycles. The molecule has 88 valence electrons. The standard InChI is InChI=1S/C14H16N2O/c1-2-14-15-11-5-3-4-6-12(11)16(14)9-13(17)10-7-8-10/h3-6,10H,2,7-9H2,1H3. The molecule has 0 atom stereocenters. The van der Waals surface area contributed by atoms with E-state index in [4.69, 9.17) is 0 Å². The summed E-state index contributed by atoms with van der Waals surface area (Å²) < 4.78 is 2.08. The van der Waals surface area contributed by atoms with Gasteiger partial charge >= 0.3 is 0 Å². The first-order valence-electron chi connectivity index (χ1n) is 6.26. The third-order valence-corrected chi connectivity index (χ3v) is 3.40. The molecule has 1 fully saturated rings. The van der Waals surface area contributed by atoms with E-state index in [-0.39, 0.29) is 0 Å². The van der Waals surface area contributed by atoms with E-state index in [0.29, 0.717) is 18.2 Å². The van der Waals surface area contributed by atoms with Crippen LogP contribution in [0.4, 0.5) is 0 Å². The van der Waals surface area contributed by atoms with Crippen molar-refractivity contribution in [2.45, 2.75) is 32.7 Å². The molecule has 3 nitrogen and oxygen atoms in total. The summed E-state index contributed by atoms with van der Waals surface area (Å²) in [5.74, 6) is 1.70. The third kappa shape index (κ3) is 1.86. The van der Waals surface area contributed by atoms with Crippen LogP contribution in [0.1, 0.15) is 25.6 Å². The molecule has 0 saturated heterocycles. The van der Waals surface area contributed by atoms with E-state index in [1.54, 1.807) is 0 Å². The summed E-state index contributed by atoms with van der Waals surface area (Å²) in [6.07, 6.45) is 3.02. The zero-order chi connectivity index (χ0) is 11.8. The van der Waals surface area contributed by atoms with Gasteiger partial charge in [-0.25, -0.2) is 4.98 Å². The quantitative estimate of drug-likeness (QED) is 0.806. The molecular formula is C14H16N2O. The number of carbonyl (C=O) groups excluding carboxylic acids is 1. The van der Waals surface area contributed by atoms with Crippen molar-refractivity contribution in [3.05, 3.63) is 30.1 Å². The Morgan fingerprint density at radius 2 is 2.18 bits per heavy atom. The Hall–Kier alpha value is -1.64. The maximum atomic E-state index is 11.9. The van der Waals surface area contributed by atoms with Gasteiger partial charge in [-0.05, 0) is 25.0 Å². The van der Waals surface area contributed by atoms with Gasteiger partial charge < -0.3 is 4.57 Å². The van der Waals surface area contributed by atoms with Crippen molar-refractivity contribution < 1.29 is 4.79 Å². The van der Waals surface area contributed by atoms with Crippen molar-refractivity contribution in [2.75, 3.05) is 0 Å². The van der Waals surface area contributed by atoms with Crippen molar-refractivity contribution in [3.63, 3.8) is 0 Å². The average molecular weight is 228 g/mol. The highest BCUT2D eigenvalue weighted by atomic mass is 16.1. The lowest BCUT2D eigenvalue weighted by atomic mass is 10.2. The predicted octanol–water partition coefficient (Wildman–Crippen LogP) is 2.58. The molecule has 1 aliphatic carbocycles. The number of ketones is 1. The lowest BCUT2D eigenvalue weighted by Gasteiger charge is -2.06. The molecule has 3 heteroatoms. The van der Waals surface area contributed by atoms with Gasteiger partial charge in [0.1, 0.15) is 5.82 Å². The highest BCUT2D eigenvalue weighted by molar-refractivity contribution is 5.85. The molecule has 3 rings (SSSR count). The number of hydrogen-bond donors (Lipinski definition) is 0. The van der Waals surface area contributed by atoms with Crippen LogP contribution in [0, 0.1) is 5.92 Å². The second-order valence-electron chi connectivity index (χ2n) is 4.70. The van der Waals surface area contributed by atoms with Crippen molar-refractivity contribution in [2.24, 2.45) is 5.92 Å². The molecule has 2 aromatic rings. The zero-order valence-electron chi connectivity index (χ0n) is 10.0. The van der Waals surface area contributed by atoms with Gasteiger partial charge in [0.25, 0.3) is 0 Å². The molecule has 0 spiro atoms. The van der Waals surface area contributed by atoms with E-state index >= 15 is 0 Å². The highest BCUT2D eigenvalue weighted by Gasteiger charge is 2.30. The first kappa shape index (κ1) is 10.5. The van der Waals surface area contributed by atoms with Gasteiger partial charge in [0.05, 0.1) is 17.6 Å². The molecule has 0 bridgehead atoms. The summed E-state index contributed by atoms with van der Waals surface area (Å²) in [5.41, 5.74) is 2.08. The van der Waals surface area contributed by atoms with Crippen LogP contribution in [0.3, 0.4) is 0 Å². The van der Waals surface area contributed by atoms with Crippen molar-refractivity contribution in [3.8, 4) is 0 Å². The van der Waals surface area contributed by atoms with Crippen LogP contribution in [-0.2, 0) is 17.8 Å². The van der Waals surface area contributed by atoms with Crippen molar-refractivity contribution in [1.82, 2.24) is 9.55 Å². The Morgan fingerprint density at radius 1 is 1.41 bits per heavy atom. The Balaban J connectivity index is 2.02. The highest BCUT2D eigenvalue weighted by Crippen LogP contribution is 2.31. The molecule has 17 heavy (non-hydrogen) atoms. The normalized spacial score (nSPS) is 15.4. The van der Waals surface area contributed by atoms with Crippen molar-refractivity contribution >= 4 is 16.8 Å². The summed E-state index contributed by atoms with van der Waals surface area (Å²) in [4.78, 5) is 16.5. The van der Waals surface area contributed by atoms with E-state index in [1.807, 2.05) is 24.3 Å². The first-order valence-corrected chi connectivity index (χ1v) is 6.26. The Kier molecular flexibility index (Phi) is 2.46. The number of carbonyl (C=O) groups is 1. The number of imidazole rings is 1. The van der Waals surface area contributed by atoms with Crippen LogP contribution < -0.4 is 0 Å². The van der Waals surface area contributed by atoms with Gasteiger partial charge in [0.2, 0.25) is 0 Å². The predicted molar refractivity (Wildman–Crippen MR) is 66.8 cm³/mol. The number of aryl methyl sites for hydroxylation is 1. The number of para-hydroxylation sites is 2. The molecule has 1 aromatic carbocycles. The van der Waals surface area contributed by atoms with Gasteiger partial charge in [0.15, 0.2) is 5.78 Å². The Labute approximate surface area is 100 Å². The van der Waals surface area contributed by atoms with Crippen LogP contribution in [0.15, 0.2) is 24.3 Å². The summed E-state index contributed by atoms with van der Waals surface area (Å²) in [6, 6.07) is 8.04. The summed E-state index contributed by atoms with van der Waals surface area (Å²) in [7, 11) is 0. The van der Waals surface area contributed by atoms with Crippen LogP contribution in [0.25, 0.3) is 11.0 Å². The monoisotopic (exact) mass is 228 g/mol. The molecule has 0 unspecified atom stereocenters. The number of benzene rings is 1. The fourth-order valence-electron chi connectivity index (χ4n) is 2.26. The van der Waals surface area contributed by atoms with E-state index in [0.717, 1.165) is 36.1 Å². The molecule has 0 N–H and O–H groups in total. The number of aromatic nitrogens is 2. The van der Waals surface area contributed by atoms with Crippen LogP contribution >= 0.6 is 0 Å². The maximum Gasteiger partial charge on any atom is 0.155 e. The van der Waals surface area contributed by atoms with Gasteiger partial charge in [-0.15, -0.1) is 0 Å². The van der Waals surface area contributed by atoms with Crippen LogP contribution in [-0.4, -0.2) is 15.3 Å². The minimum atomic E-state index is 0.320. The lowest BCUT2D eigenvalue weighted by Crippen LogP contribution is -2.13. The second-order valence-corrected chi connectivity index (χ2v) is 4.70. The van der Waals surface area contributed by atoms with Crippen molar-refractivity contribution in [1.29, 1.82) is 0 Å². The second kappa shape index (κ2) is 3.99. The Morgan fingerprint density at radius 3 is 2.88 bits per heavy atom. The van der Waals surface area contributed by atoms with E-state index in [9.17, 15) is 4.79 Å². The minimum absolute atomic E-state index is 0.320. The van der Waals surface area contributed by atoms with E-state index in [2.05, 4.69) is 16.5 Å². The Bertz CT molecular complexity index is 567. The molecule has 1 heterocycles. The molecule has 1 aliphatic rings. The van der Waals surface area contributed by atoms with E-state index in [1.165, 1.54) is 0 Å².